The minimum Gasteiger partial charge on any atom is -0.504 e. The molecule has 1 aliphatic carbocycles. The Morgan fingerprint density at radius 2 is 2.24 bits per heavy atom. The Hall–Kier alpha value is -2.04. The Morgan fingerprint density at radius 3 is 2.94 bits per heavy atom. The summed E-state index contributed by atoms with van der Waals surface area (Å²) < 4.78 is 5.25. The quantitative estimate of drug-likeness (QED) is 0.599. The van der Waals surface area contributed by atoms with Gasteiger partial charge in [-0.1, -0.05) is 6.92 Å². The molecule has 17 heavy (non-hydrogen) atoms. The summed E-state index contributed by atoms with van der Waals surface area (Å²) in [5.74, 6) is -0.00130. The minimum atomic E-state index is -0.266. The molecule has 0 radical (unpaired) electrons. The maximum atomic E-state index is 9.73. The predicted octanol–water partition coefficient (Wildman–Crippen LogP) is 1.69. The topological polar surface area (TPSA) is 87.7 Å². The highest BCUT2D eigenvalue weighted by molar-refractivity contribution is 5.48. The summed E-state index contributed by atoms with van der Waals surface area (Å²) in [6.45, 7) is 2.87. The number of nitrogens with two attached hydrogens (primary N) is 1. The van der Waals surface area contributed by atoms with Crippen molar-refractivity contribution < 1.29 is 14.9 Å². The zero-order valence-electron chi connectivity index (χ0n) is 9.66. The Labute approximate surface area is 99.6 Å². The van der Waals surface area contributed by atoms with Gasteiger partial charge in [0.15, 0.2) is 17.4 Å². The van der Waals surface area contributed by atoms with Gasteiger partial charge >= 0.3 is 0 Å². The molecule has 0 aromatic rings. The predicted molar refractivity (Wildman–Crippen MR) is 63.7 cm³/mol. The molecule has 0 aromatic heterocycles. The molecule has 0 saturated carbocycles. The van der Waals surface area contributed by atoms with Gasteiger partial charge in [-0.25, -0.2) is 0 Å². The van der Waals surface area contributed by atoms with Crippen molar-refractivity contribution in [2.45, 2.75) is 19.8 Å². The molecule has 2 rings (SSSR count). The van der Waals surface area contributed by atoms with Gasteiger partial charge in [-0.3, -0.25) is 0 Å². The molecule has 0 amide bonds. The summed E-state index contributed by atoms with van der Waals surface area (Å²) in [5, 5.41) is 22.4. The molecule has 1 aliphatic heterocycles. The Morgan fingerprint density at radius 1 is 1.47 bits per heavy atom. The number of rotatable bonds is 3. The molecule has 0 bridgehead atoms. The van der Waals surface area contributed by atoms with Crippen molar-refractivity contribution in [3.63, 3.8) is 0 Å². The van der Waals surface area contributed by atoms with E-state index in [0.29, 0.717) is 6.42 Å². The lowest BCUT2D eigenvalue weighted by atomic mass is 9.99. The van der Waals surface area contributed by atoms with Gasteiger partial charge in [0.2, 0.25) is 5.76 Å². The third-order valence-corrected chi connectivity index (χ3v) is 2.63. The second-order valence-electron chi connectivity index (χ2n) is 3.94. The van der Waals surface area contributed by atoms with Gasteiger partial charge < -0.3 is 26.0 Å². The lowest BCUT2D eigenvalue weighted by Crippen LogP contribution is -2.23. The van der Waals surface area contributed by atoms with Gasteiger partial charge in [-0.15, -0.1) is 0 Å². The van der Waals surface area contributed by atoms with Crippen LogP contribution in [0.5, 0.6) is 0 Å². The van der Waals surface area contributed by atoms with E-state index in [2.05, 4.69) is 12.2 Å². The monoisotopic (exact) mass is 236 g/mol. The molecule has 1 heterocycles. The van der Waals surface area contributed by atoms with Crippen molar-refractivity contribution in [1.29, 1.82) is 0 Å². The van der Waals surface area contributed by atoms with Crippen LogP contribution in [0.4, 0.5) is 0 Å². The molecule has 0 spiro atoms. The molecule has 5 nitrogen and oxygen atoms in total. The van der Waals surface area contributed by atoms with Crippen LogP contribution in [-0.4, -0.2) is 16.8 Å². The fraction of sp³-hybridized carbons (Fsp3) is 0.333. The van der Waals surface area contributed by atoms with Crippen molar-refractivity contribution in [1.82, 2.24) is 5.32 Å². The first-order valence-electron chi connectivity index (χ1n) is 5.58. The van der Waals surface area contributed by atoms with Crippen molar-refractivity contribution >= 4 is 0 Å². The van der Waals surface area contributed by atoms with Crippen molar-refractivity contribution in [2.24, 2.45) is 5.73 Å². The van der Waals surface area contributed by atoms with Gasteiger partial charge in [0.1, 0.15) is 0 Å². The fourth-order valence-corrected chi connectivity index (χ4v) is 1.78. The van der Waals surface area contributed by atoms with Crippen LogP contribution in [0.25, 0.3) is 0 Å². The minimum absolute atomic E-state index is 0.173. The molecule has 0 unspecified atom stereocenters. The molecule has 0 saturated heterocycles. The van der Waals surface area contributed by atoms with E-state index in [0.717, 1.165) is 24.2 Å². The number of ether oxygens (including phenoxy) is 1. The first-order valence-corrected chi connectivity index (χ1v) is 5.58. The average Bonchev–Trinajstić information content (AvgIpc) is 2.31. The Kier molecular flexibility index (Phi) is 2.99. The number of aliphatic hydroxyl groups excluding tert-OH is 2. The van der Waals surface area contributed by atoms with Gasteiger partial charge in [0.25, 0.3) is 0 Å². The van der Waals surface area contributed by atoms with Gasteiger partial charge in [-0.05, 0) is 12.5 Å². The van der Waals surface area contributed by atoms with Gasteiger partial charge in [0, 0.05) is 30.3 Å². The molecular weight excluding hydrogens is 220 g/mol. The summed E-state index contributed by atoms with van der Waals surface area (Å²) in [5.41, 5.74) is 7.27. The zero-order chi connectivity index (χ0) is 12.4. The van der Waals surface area contributed by atoms with E-state index < -0.39 is 0 Å². The average molecular weight is 236 g/mol. The zero-order valence-corrected chi connectivity index (χ0v) is 9.66. The molecule has 2 aliphatic rings. The second-order valence-corrected chi connectivity index (χ2v) is 3.94. The molecule has 0 atom stereocenters. The number of aliphatic hydroxyl groups is 2. The second kappa shape index (κ2) is 4.45. The first kappa shape index (κ1) is 11.4. The molecular formula is C12H16N2O3. The lowest BCUT2D eigenvalue weighted by Gasteiger charge is -2.25. The summed E-state index contributed by atoms with van der Waals surface area (Å²) >= 11 is 0. The standard InChI is InChI=1S/C12H16N2O3/c1-2-5-14-8-6-10(13)17-12-7(8)3-4-9(15)11(12)16/h4,6,14-16H,2-3,5,13H2,1H3. The van der Waals surface area contributed by atoms with Crippen LogP contribution in [-0.2, 0) is 4.74 Å². The van der Waals surface area contributed by atoms with E-state index in [1.807, 2.05) is 0 Å². The maximum absolute atomic E-state index is 9.73. The highest BCUT2D eigenvalue weighted by Gasteiger charge is 2.27. The number of hydrogen-bond donors (Lipinski definition) is 4. The molecule has 0 fully saturated rings. The Bertz CT molecular complexity index is 458. The highest BCUT2D eigenvalue weighted by atomic mass is 16.5. The van der Waals surface area contributed by atoms with Gasteiger partial charge in [0.05, 0.1) is 0 Å². The Balaban J connectivity index is 2.39. The van der Waals surface area contributed by atoms with Crippen molar-refractivity contribution in [3.05, 3.63) is 46.6 Å². The number of hydrogen-bond acceptors (Lipinski definition) is 5. The number of allylic oxidation sites excluding steroid dienone is 3. The van der Waals surface area contributed by atoms with E-state index >= 15 is 0 Å². The van der Waals surface area contributed by atoms with E-state index in [4.69, 9.17) is 10.5 Å². The van der Waals surface area contributed by atoms with Crippen LogP contribution in [0.3, 0.4) is 0 Å². The van der Waals surface area contributed by atoms with Crippen LogP contribution in [0.1, 0.15) is 19.8 Å². The van der Waals surface area contributed by atoms with Crippen LogP contribution < -0.4 is 11.1 Å². The molecule has 5 heteroatoms. The van der Waals surface area contributed by atoms with Crippen LogP contribution in [0.2, 0.25) is 0 Å². The van der Waals surface area contributed by atoms with Crippen LogP contribution in [0.15, 0.2) is 46.6 Å². The van der Waals surface area contributed by atoms with E-state index in [1.165, 1.54) is 0 Å². The SMILES string of the molecule is CCCNC1=C2CC=C(O)C(O)=C2OC(N)=C1. The largest absolute Gasteiger partial charge is 0.504 e. The highest BCUT2D eigenvalue weighted by Crippen LogP contribution is 2.33. The molecule has 0 aromatic carbocycles. The lowest BCUT2D eigenvalue weighted by molar-refractivity contribution is 0.241. The number of fused-ring (bicyclic) bond motifs is 1. The maximum Gasteiger partial charge on any atom is 0.201 e. The fourth-order valence-electron chi connectivity index (χ4n) is 1.78. The van der Waals surface area contributed by atoms with Gasteiger partial charge in [-0.2, -0.15) is 0 Å². The normalized spacial score (nSPS) is 19.4. The third kappa shape index (κ3) is 2.08. The van der Waals surface area contributed by atoms with Crippen molar-refractivity contribution in [2.75, 3.05) is 6.54 Å². The molecule has 92 valence electrons. The summed E-state index contributed by atoms with van der Waals surface area (Å²) in [6.07, 6.45) is 4.72. The van der Waals surface area contributed by atoms with E-state index in [-0.39, 0.29) is 23.2 Å². The van der Waals surface area contributed by atoms with Crippen LogP contribution in [0, 0.1) is 0 Å². The third-order valence-electron chi connectivity index (χ3n) is 2.63. The number of nitrogens with one attached hydrogen (secondary N) is 1. The summed E-state index contributed by atoms with van der Waals surface area (Å²) in [7, 11) is 0. The molecule has 5 N–H and O–H groups in total. The van der Waals surface area contributed by atoms with Crippen molar-refractivity contribution in [3.8, 4) is 0 Å². The smallest absolute Gasteiger partial charge is 0.201 e. The summed E-state index contributed by atoms with van der Waals surface area (Å²) in [6, 6.07) is 0. The first-order chi connectivity index (χ1) is 8.13. The van der Waals surface area contributed by atoms with E-state index in [1.54, 1.807) is 12.2 Å². The van der Waals surface area contributed by atoms with Crippen LogP contribution >= 0.6 is 0 Å². The van der Waals surface area contributed by atoms with E-state index in [9.17, 15) is 10.2 Å². The summed E-state index contributed by atoms with van der Waals surface area (Å²) in [4.78, 5) is 0.